The Hall–Kier alpha value is -1.23. The van der Waals surface area contributed by atoms with Gasteiger partial charge >= 0.3 is 0 Å². The minimum atomic E-state index is -3.35. The van der Waals surface area contributed by atoms with Crippen molar-refractivity contribution < 1.29 is 18.3 Å². The van der Waals surface area contributed by atoms with Gasteiger partial charge in [0.1, 0.15) is 18.5 Å². The zero-order valence-corrected chi connectivity index (χ0v) is 20.0. The molecule has 0 spiro atoms. The van der Waals surface area contributed by atoms with E-state index in [0.29, 0.717) is 45.8 Å². The van der Waals surface area contributed by atoms with E-state index in [1.54, 1.807) is 8.61 Å². The average molecular weight is 512 g/mol. The van der Waals surface area contributed by atoms with Gasteiger partial charge in [-0.3, -0.25) is 4.90 Å². The molecule has 31 heavy (non-hydrogen) atoms. The molecule has 2 saturated heterocycles. The molecule has 2 aliphatic rings. The number of halogens is 1. The highest BCUT2D eigenvalue weighted by molar-refractivity contribution is 9.10. The lowest BCUT2D eigenvalue weighted by atomic mass is 10.1. The van der Waals surface area contributed by atoms with Crippen molar-refractivity contribution in [3.8, 4) is 5.75 Å². The molecule has 2 aliphatic heterocycles. The van der Waals surface area contributed by atoms with Crippen LogP contribution in [0.2, 0.25) is 0 Å². The van der Waals surface area contributed by atoms with Crippen molar-refractivity contribution in [3.63, 3.8) is 0 Å². The lowest BCUT2D eigenvalue weighted by Crippen LogP contribution is -2.54. The van der Waals surface area contributed by atoms with Crippen LogP contribution in [0.15, 0.2) is 40.9 Å². The second-order valence-electron chi connectivity index (χ2n) is 8.29. The van der Waals surface area contributed by atoms with E-state index in [9.17, 15) is 13.5 Å². The first-order chi connectivity index (χ1) is 14.9. The Kier molecular flexibility index (Phi) is 7.51. The molecule has 2 fully saturated rings. The highest BCUT2D eigenvalue weighted by Gasteiger charge is 2.33. The molecule has 170 valence electrons. The third-order valence-electron chi connectivity index (χ3n) is 5.98. The summed E-state index contributed by atoms with van der Waals surface area (Å²) in [7, 11) is -3.35. The monoisotopic (exact) mass is 511 g/mol. The topological polar surface area (TPSA) is 73.3 Å². The smallest absolute Gasteiger partial charge is 0.282 e. The minimum Gasteiger partial charge on any atom is -0.491 e. The second kappa shape index (κ2) is 10.1. The Bertz CT molecular complexity index is 989. The van der Waals surface area contributed by atoms with E-state index >= 15 is 0 Å². The maximum atomic E-state index is 12.8. The first-order valence-electron chi connectivity index (χ1n) is 10.9. The summed E-state index contributed by atoms with van der Waals surface area (Å²) in [5.74, 6) is 0.728. The molecule has 0 radical (unpaired) electrons. The lowest BCUT2D eigenvalue weighted by molar-refractivity contribution is 0.0562. The number of β-amino-alcohol motifs (C(OH)–C–C–N with tert-alkyl or cyclic N) is 1. The number of ether oxygens (including phenoxy) is 1. The Labute approximate surface area is 192 Å². The van der Waals surface area contributed by atoms with E-state index < -0.39 is 16.3 Å². The summed E-state index contributed by atoms with van der Waals surface area (Å²) in [6.45, 7) is 4.10. The van der Waals surface area contributed by atoms with Crippen molar-refractivity contribution >= 4 is 36.9 Å². The Morgan fingerprint density at radius 2 is 1.55 bits per heavy atom. The number of fused-ring (bicyclic) bond motifs is 1. The number of nitrogens with zero attached hydrogens (tertiary/aromatic N) is 3. The highest BCUT2D eigenvalue weighted by Crippen LogP contribution is 2.24. The number of aliphatic hydroxyl groups excluding tert-OH is 1. The predicted octanol–water partition coefficient (Wildman–Crippen LogP) is 2.69. The van der Waals surface area contributed by atoms with E-state index in [1.165, 1.54) is 0 Å². The largest absolute Gasteiger partial charge is 0.491 e. The van der Waals surface area contributed by atoms with Crippen LogP contribution in [0.25, 0.3) is 10.8 Å². The molecular formula is C22H30BrN3O4S. The maximum absolute atomic E-state index is 12.8. The van der Waals surface area contributed by atoms with Gasteiger partial charge in [-0.1, -0.05) is 34.5 Å². The quantitative estimate of drug-likeness (QED) is 0.618. The van der Waals surface area contributed by atoms with E-state index in [2.05, 4.69) is 26.9 Å². The van der Waals surface area contributed by atoms with Crippen molar-refractivity contribution in [2.45, 2.75) is 25.4 Å². The van der Waals surface area contributed by atoms with Crippen molar-refractivity contribution in [2.24, 2.45) is 0 Å². The van der Waals surface area contributed by atoms with Crippen LogP contribution < -0.4 is 4.74 Å². The first kappa shape index (κ1) is 22.9. The summed E-state index contributed by atoms with van der Waals surface area (Å²) in [5.41, 5.74) is 0. The van der Waals surface area contributed by atoms with Crippen molar-refractivity contribution in [1.82, 2.24) is 13.5 Å². The summed E-state index contributed by atoms with van der Waals surface area (Å²) in [6, 6.07) is 12.0. The molecule has 2 aromatic rings. The van der Waals surface area contributed by atoms with Gasteiger partial charge in [0.05, 0.1) is 0 Å². The second-order valence-corrected chi connectivity index (χ2v) is 11.1. The van der Waals surface area contributed by atoms with Crippen LogP contribution in [0.1, 0.15) is 19.3 Å². The summed E-state index contributed by atoms with van der Waals surface area (Å²) >= 11 is 3.47. The van der Waals surface area contributed by atoms with E-state index in [-0.39, 0.29) is 6.61 Å². The van der Waals surface area contributed by atoms with Crippen LogP contribution in [0, 0.1) is 0 Å². The Morgan fingerprint density at radius 3 is 2.29 bits per heavy atom. The molecule has 0 saturated carbocycles. The highest BCUT2D eigenvalue weighted by atomic mass is 79.9. The molecule has 0 bridgehead atoms. The van der Waals surface area contributed by atoms with Crippen molar-refractivity contribution in [3.05, 3.63) is 40.9 Å². The number of rotatable bonds is 7. The summed E-state index contributed by atoms with van der Waals surface area (Å²) < 4.78 is 35.7. The van der Waals surface area contributed by atoms with Crippen LogP contribution in [-0.4, -0.2) is 85.6 Å². The molecule has 4 rings (SSSR count). The molecular weight excluding hydrogens is 482 g/mol. The van der Waals surface area contributed by atoms with Crippen LogP contribution >= 0.6 is 15.9 Å². The van der Waals surface area contributed by atoms with Gasteiger partial charge in [-0.2, -0.15) is 17.0 Å². The van der Waals surface area contributed by atoms with Gasteiger partial charge in [0.2, 0.25) is 0 Å². The normalized spacial score (nSPS) is 20.7. The van der Waals surface area contributed by atoms with E-state index in [1.807, 2.05) is 30.3 Å². The number of aliphatic hydroxyl groups is 1. The number of benzene rings is 2. The van der Waals surface area contributed by atoms with Gasteiger partial charge in [-0.25, -0.2) is 0 Å². The molecule has 2 aromatic carbocycles. The van der Waals surface area contributed by atoms with Crippen LogP contribution in [0.5, 0.6) is 5.75 Å². The SMILES string of the molecule is O=S(=O)(N1CCCCC1)N1CCN(CC(O)COc2ccc3cc(Br)ccc3c2)CC1. The zero-order chi connectivity index (χ0) is 21.8. The zero-order valence-electron chi connectivity index (χ0n) is 17.6. The van der Waals surface area contributed by atoms with Crippen LogP contribution in [0.3, 0.4) is 0 Å². The fourth-order valence-electron chi connectivity index (χ4n) is 4.23. The summed E-state index contributed by atoms with van der Waals surface area (Å²) in [5, 5.41) is 12.6. The first-order valence-corrected chi connectivity index (χ1v) is 13.1. The molecule has 0 aliphatic carbocycles. The predicted molar refractivity (Wildman–Crippen MR) is 126 cm³/mol. The van der Waals surface area contributed by atoms with Gasteiger partial charge in [0.25, 0.3) is 10.2 Å². The fraction of sp³-hybridized carbons (Fsp3) is 0.545. The number of piperidine rings is 1. The molecule has 0 aromatic heterocycles. The Balaban J connectivity index is 1.24. The van der Waals surface area contributed by atoms with E-state index in [4.69, 9.17) is 4.74 Å². The van der Waals surface area contributed by atoms with E-state index in [0.717, 1.165) is 40.3 Å². The minimum absolute atomic E-state index is 0.203. The molecule has 1 atom stereocenters. The number of hydrogen-bond donors (Lipinski definition) is 1. The van der Waals surface area contributed by atoms with Gasteiger partial charge in [0.15, 0.2) is 0 Å². The molecule has 1 N–H and O–H groups in total. The van der Waals surface area contributed by atoms with Crippen LogP contribution in [0.4, 0.5) is 0 Å². The Morgan fingerprint density at radius 1 is 0.903 bits per heavy atom. The fourth-order valence-corrected chi connectivity index (χ4v) is 6.28. The summed E-state index contributed by atoms with van der Waals surface area (Å²) in [6.07, 6.45) is 2.36. The standard InChI is InChI=1S/C22H30BrN3O4S/c23-20-6-4-19-15-22(7-5-18(19)14-20)30-17-21(27)16-24-10-12-26(13-11-24)31(28,29)25-8-2-1-3-9-25/h4-7,14-15,21,27H,1-3,8-13,16-17H2. The lowest BCUT2D eigenvalue weighted by Gasteiger charge is -2.38. The maximum Gasteiger partial charge on any atom is 0.282 e. The molecule has 0 amide bonds. The average Bonchev–Trinajstić information content (AvgIpc) is 2.78. The number of piperazine rings is 1. The molecule has 9 heteroatoms. The molecule has 2 heterocycles. The van der Waals surface area contributed by atoms with Gasteiger partial charge in [-0.15, -0.1) is 0 Å². The third kappa shape index (κ3) is 5.77. The molecule has 7 nitrogen and oxygen atoms in total. The van der Waals surface area contributed by atoms with Gasteiger partial charge in [-0.05, 0) is 47.9 Å². The molecule has 1 unspecified atom stereocenters. The van der Waals surface area contributed by atoms with Crippen molar-refractivity contribution in [1.29, 1.82) is 0 Å². The third-order valence-corrected chi connectivity index (χ3v) is 8.51. The van der Waals surface area contributed by atoms with Crippen molar-refractivity contribution in [2.75, 3.05) is 52.4 Å². The van der Waals surface area contributed by atoms with Gasteiger partial charge < -0.3 is 9.84 Å². The van der Waals surface area contributed by atoms with Crippen LogP contribution in [-0.2, 0) is 10.2 Å². The summed E-state index contributed by atoms with van der Waals surface area (Å²) in [4.78, 5) is 2.11. The van der Waals surface area contributed by atoms with Gasteiger partial charge in [0, 0.05) is 50.3 Å². The number of hydrogen-bond acceptors (Lipinski definition) is 5.